The van der Waals surface area contributed by atoms with E-state index in [0.717, 1.165) is 12.1 Å². The van der Waals surface area contributed by atoms with Crippen molar-refractivity contribution >= 4 is 35.6 Å². The second-order valence-corrected chi connectivity index (χ2v) is 4.31. The average molecular weight is 381 g/mol. The Balaban J connectivity index is 0.00000200. The van der Waals surface area contributed by atoms with Crippen molar-refractivity contribution in [1.29, 1.82) is 0 Å². The van der Waals surface area contributed by atoms with Crippen LogP contribution in [0.15, 0.2) is 59.6 Å². The average Bonchev–Trinajstić information content (AvgIpc) is 2.46. The number of benzene rings is 2. The zero-order valence-electron chi connectivity index (χ0n) is 11.5. The molecule has 4 heteroatoms. The fourth-order valence-corrected chi connectivity index (χ4v) is 1.94. The molecule has 0 aliphatic rings. The van der Waals surface area contributed by atoms with Crippen molar-refractivity contribution in [3.05, 3.63) is 65.7 Å². The number of nitrogens with two attached hydrogens (primary N) is 1. The van der Waals surface area contributed by atoms with Crippen molar-refractivity contribution in [3.8, 4) is 0 Å². The number of hydrogen-bond acceptors (Lipinski definition) is 1. The number of hydrogen-bond donors (Lipinski definition) is 2. The Hall–Kier alpha value is -1.56. The molecule has 0 heterocycles. The van der Waals surface area contributed by atoms with E-state index in [4.69, 9.17) is 5.73 Å². The van der Waals surface area contributed by atoms with Crippen LogP contribution < -0.4 is 11.1 Å². The molecule has 0 amide bonds. The lowest BCUT2D eigenvalue weighted by Gasteiger charge is -2.07. The Bertz CT molecular complexity index is 553. The predicted molar refractivity (Wildman–Crippen MR) is 96.6 cm³/mol. The van der Waals surface area contributed by atoms with Crippen molar-refractivity contribution in [2.45, 2.75) is 19.9 Å². The molecule has 0 unspecified atom stereocenters. The van der Waals surface area contributed by atoms with E-state index in [-0.39, 0.29) is 24.0 Å². The summed E-state index contributed by atoms with van der Waals surface area (Å²) in [5.41, 5.74) is 9.38. The van der Waals surface area contributed by atoms with Crippen LogP contribution in [0.2, 0.25) is 0 Å². The Labute approximate surface area is 137 Å². The van der Waals surface area contributed by atoms with E-state index in [2.05, 4.69) is 35.4 Å². The standard InChI is InChI=1S/C16H19N3.HI/c1-2-13-8-6-7-9-14(13)12-18-16(17)19-15-10-4-3-5-11-15;/h3-11H,2,12H2,1H3,(H3,17,18,19);1H. The van der Waals surface area contributed by atoms with Crippen LogP contribution in [0.4, 0.5) is 5.69 Å². The summed E-state index contributed by atoms with van der Waals surface area (Å²) in [5, 5.41) is 3.08. The molecule has 0 aliphatic heterocycles. The molecule has 2 rings (SSSR count). The summed E-state index contributed by atoms with van der Waals surface area (Å²) in [6, 6.07) is 18.1. The van der Waals surface area contributed by atoms with Gasteiger partial charge in [-0.05, 0) is 29.7 Å². The zero-order valence-corrected chi connectivity index (χ0v) is 13.9. The number of para-hydroxylation sites is 1. The molecular formula is C16H20IN3. The highest BCUT2D eigenvalue weighted by Gasteiger charge is 1.99. The molecule has 0 saturated heterocycles. The first-order valence-corrected chi connectivity index (χ1v) is 6.48. The molecule has 3 N–H and O–H groups in total. The molecule has 0 radical (unpaired) electrons. The Kier molecular flexibility index (Phi) is 7.08. The number of guanidine groups is 1. The molecule has 0 bridgehead atoms. The van der Waals surface area contributed by atoms with Gasteiger partial charge in [0, 0.05) is 5.69 Å². The fraction of sp³-hybridized carbons (Fsp3) is 0.188. The third-order valence-electron chi connectivity index (χ3n) is 2.97. The highest BCUT2D eigenvalue weighted by atomic mass is 127. The van der Waals surface area contributed by atoms with E-state index in [1.807, 2.05) is 36.4 Å². The van der Waals surface area contributed by atoms with Gasteiger partial charge in [0.1, 0.15) is 0 Å². The molecule has 3 nitrogen and oxygen atoms in total. The molecule has 2 aromatic carbocycles. The number of halogens is 1. The number of rotatable bonds is 4. The van der Waals surface area contributed by atoms with Crippen LogP contribution in [0.1, 0.15) is 18.1 Å². The molecule has 106 valence electrons. The summed E-state index contributed by atoms with van der Waals surface area (Å²) in [6.07, 6.45) is 1.01. The largest absolute Gasteiger partial charge is 0.370 e. The van der Waals surface area contributed by atoms with Gasteiger partial charge in [-0.3, -0.25) is 0 Å². The van der Waals surface area contributed by atoms with Crippen molar-refractivity contribution < 1.29 is 0 Å². The summed E-state index contributed by atoms with van der Waals surface area (Å²) in [5.74, 6) is 0.442. The molecule has 0 atom stereocenters. The highest BCUT2D eigenvalue weighted by Crippen LogP contribution is 2.11. The number of nitrogens with one attached hydrogen (secondary N) is 1. The van der Waals surface area contributed by atoms with E-state index < -0.39 is 0 Å². The minimum Gasteiger partial charge on any atom is -0.370 e. The summed E-state index contributed by atoms with van der Waals surface area (Å²) in [6.45, 7) is 2.75. The maximum atomic E-state index is 5.88. The van der Waals surface area contributed by atoms with E-state index in [0.29, 0.717) is 12.5 Å². The fourth-order valence-electron chi connectivity index (χ4n) is 1.94. The predicted octanol–water partition coefficient (Wildman–Crippen LogP) is 3.79. The van der Waals surface area contributed by atoms with Gasteiger partial charge in [-0.15, -0.1) is 24.0 Å². The van der Waals surface area contributed by atoms with Gasteiger partial charge in [0.2, 0.25) is 0 Å². The molecule has 2 aromatic rings. The summed E-state index contributed by atoms with van der Waals surface area (Å²) < 4.78 is 0. The topological polar surface area (TPSA) is 50.4 Å². The van der Waals surface area contributed by atoms with Crippen molar-refractivity contribution in [3.63, 3.8) is 0 Å². The van der Waals surface area contributed by atoms with Crippen LogP contribution in [0.3, 0.4) is 0 Å². The van der Waals surface area contributed by atoms with E-state index in [1.165, 1.54) is 11.1 Å². The third kappa shape index (κ3) is 4.85. The van der Waals surface area contributed by atoms with Gasteiger partial charge in [-0.25, -0.2) is 4.99 Å². The molecule has 0 fully saturated rings. The SMILES string of the molecule is CCc1ccccc1CN=C(N)Nc1ccccc1.I. The second kappa shape index (κ2) is 8.58. The van der Waals surface area contributed by atoms with Crippen LogP contribution in [0.25, 0.3) is 0 Å². The first-order chi connectivity index (χ1) is 9.29. The summed E-state index contributed by atoms with van der Waals surface area (Å²) >= 11 is 0. The van der Waals surface area contributed by atoms with Crippen LogP contribution >= 0.6 is 24.0 Å². The van der Waals surface area contributed by atoms with Gasteiger partial charge in [-0.1, -0.05) is 49.4 Å². The molecule has 0 aliphatic carbocycles. The Morgan fingerprint density at radius 2 is 1.60 bits per heavy atom. The van der Waals surface area contributed by atoms with Crippen LogP contribution in [-0.4, -0.2) is 5.96 Å². The molecule has 0 aromatic heterocycles. The molecular weight excluding hydrogens is 361 g/mol. The van der Waals surface area contributed by atoms with Crippen molar-refractivity contribution in [2.24, 2.45) is 10.7 Å². The van der Waals surface area contributed by atoms with E-state index in [9.17, 15) is 0 Å². The minimum atomic E-state index is 0. The number of aryl methyl sites for hydroxylation is 1. The third-order valence-corrected chi connectivity index (χ3v) is 2.97. The smallest absolute Gasteiger partial charge is 0.193 e. The lowest BCUT2D eigenvalue weighted by atomic mass is 10.1. The number of aliphatic imine (C=N–C) groups is 1. The van der Waals surface area contributed by atoms with Gasteiger partial charge in [-0.2, -0.15) is 0 Å². The van der Waals surface area contributed by atoms with Gasteiger partial charge >= 0.3 is 0 Å². The van der Waals surface area contributed by atoms with Crippen LogP contribution in [-0.2, 0) is 13.0 Å². The van der Waals surface area contributed by atoms with Gasteiger partial charge in [0.15, 0.2) is 5.96 Å². The Morgan fingerprint density at radius 1 is 1.00 bits per heavy atom. The maximum absolute atomic E-state index is 5.88. The van der Waals surface area contributed by atoms with Crippen molar-refractivity contribution in [2.75, 3.05) is 5.32 Å². The second-order valence-electron chi connectivity index (χ2n) is 4.31. The normalized spacial score (nSPS) is 10.8. The van der Waals surface area contributed by atoms with E-state index >= 15 is 0 Å². The van der Waals surface area contributed by atoms with Gasteiger partial charge in [0.05, 0.1) is 6.54 Å². The van der Waals surface area contributed by atoms with Crippen LogP contribution in [0, 0.1) is 0 Å². The lowest BCUT2D eigenvalue weighted by molar-refractivity contribution is 0.998. The Morgan fingerprint density at radius 3 is 2.25 bits per heavy atom. The maximum Gasteiger partial charge on any atom is 0.193 e. The number of anilines is 1. The first kappa shape index (κ1) is 16.5. The molecule has 20 heavy (non-hydrogen) atoms. The summed E-state index contributed by atoms with van der Waals surface area (Å²) in [7, 11) is 0. The van der Waals surface area contributed by atoms with Gasteiger partial charge in [0.25, 0.3) is 0 Å². The quantitative estimate of drug-likeness (QED) is 0.481. The molecule has 0 saturated carbocycles. The molecule has 0 spiro atoms. The summed E-state index contributed by atoms with van der Waals surface area (Å²) in [4.78, 5) is 4.38. The van der Waals surface area contributed by atoms with Crippen molar-refractivity contribution in [1.82, 2.24) is 0 Å². The number of nitrogens with zero attached hydrogens (tertiary/aromatic N) is 1. The first-order valence-electron chi connectivity index (χ1n) is 6.48. The zero-order chi connectivity index (χ0) is 13.5. The van der Waals surface area contributed by atoms with Crippen LogP contribution in [0.5, 0.6) is 0 Å². The van der Waals surface area contributed by atoms with E-state index in [1.54, 1.807) is 0 Å². The van der Waals surface area contributed by atoms with Gasteiger partial charge < -0.3 is 11.1 Å². The highest BCUT2D eigenvalue weighted by molar-refractivity contribution is 14.0. The lowest BCUT2D eigenvalue weighted by Crippen LogP contribution is -2.22. The monoisotopic (exact) mass is 381 g/mol. The minimum absolute atomic E-state index is 0.